The molecule has 1 rings (SSSR count). The molecule has 0 spiro atoms. The van der Waals surface area contributed by atoms with E-state index in [0.717, 1.165) is 32.5 Å². The third-order valence-electron chi connectivity index (χ3n) is 3.80. The molecule has 0 aromatic heterocycles. The second kappa shape index (κ2) is 7.38. The Kier molecular flexibility index (Phi) is 6.43. The highest BCUT2D eigenvalue weighted by molar-refractivity contribution is 5.84. The number of nitrogens with two attached hydrogens (primary N) is 1. The lowest BCUT2D eigenvalue weighted by Gasteiger charge is -2.36. The van der Waals surface area contributed by atoms with Crippen LogP contribution in [0.3, 0.4) is 0 Å². The molecule has 5 nitrogen and oxygen atoms in total. The van der Waals surface area contributed by atoms with E-state index in [-0.39, 0.29) is 24.2 Å². The standard InChI is InChI=1S/C15H31N3O2/c1-11(2)17-15(5,14(16)19)7-6-8-18-9-12(3)20-13(4)10-18/h11-13,17H,6-10H2,1-5H3,(H2,16,19)/t12-,13+,15?. The molecule has 1 amide bonds. The zero-order valence-corrected chi connectivity index (χ0v) is 13.6. The molecule has 3 atom stereocenters. The molecule has 0 aromatic carbocycles. The van der Waals surface area contributed by atoms with E-state index in [4.69, 9.17) is 10.5 Å². The Morgan fingerprint density at radius 2 is 1.95 bits per heavy atom. The molecule has 20 heavy (non-hydrogen) atoms. The van der Waals surface area contributed by atoms with Crippen molar-refractivity contribution in [3.8, 4) is 0 Å². The Morgan fingerprint density at radius 3 is 2.40 bits per heavy atom. The van der Waals surface area contributed by atoms with Crippen LogP contribution < -0.4 is 11.1 Å². The Balaban J connectivity index is 2.42. The van der Waals surface area contributed by atoms with Crippen molar-refractivity contribution >= 4 is 5.91 Å². The summed E-state index contributed by atoms with van der Waals surface area (Å²) in [5.74, 6) is -0.269. The predicted molar refractivity (Wildman–Crippen MR) is 81.6 cm³/mol. The molecule has 1 fully saturated rings. The summed E-state index contributed by atoms with van der Waals surface area (Å²) in [5, 5.41) is 3.29. The van der Waals surface area contributed by atoms with Crippen LogP contribution in [0, 0.1) is 0 Å². The van der Waals surface area contributed by atoms with E-state index in [1.807, 2.05) is 20.8 Å². The molecule has 1 aliphatic heterocycles. The number of nitrogens with zero attached hydrogens (tertiary/aromatic N) is 1. The number of carbonyl (C=O) groups excluding carboxylic acids is 1. The summed E-state index contributed by atoms with van der Waals surface area (Å²) in [4.78, 5) is 14.1. The zero-order valence-electron chi connectivity index (χ0n) is 13.6. The summed E-state index contributed by atoms with van der Waals surface area (Å²) < 4.78 is 5.73. The molecule has 0 saturated carbocycles. The zero-order chi connectivity index (χ0) is 15.3. The highest BCUT2D eigenvalue weighted by Gasteiger charge is 2.31. The van der Waals surface area contributed by atoms with Gasteiger partial charge in [-0.2, -0.15) is 0 Å². The van der Waals surface area contributed by atoms with Gasteiger partial charge in [-0.15, -0.1) is 0 Å². The molecular weight excluding hydrogens is 254 g/mol. The van der Waals surface area contributed by atoms with Gasteiger partial charge in [0.25, 0.3) is 0 Å². The molecule has 1 heterocycles. The van der Waals surface area contributed by atoms with Crippen molar-refractivity contribution in [3.05, 3.63) is 0 Å². The second-order valence-electron chi connectivity index (χ2n) is 6.62. The number of rotatable bonds is 7. The molecule has 0 bridgehead atoms. The molecule has 1 aliphatic rings. The fourth-order valence-corrected chi connectivity index (χ4v) is 3.03. The van der Waals surface area contributed by atoms with Crippen molar-refractivity contribution < 1.29 is 9.53 Å². The number of ether oxygens (including phenoxy) is 1. The first kappa shape index (κ1) is 17.4. The summed E-state index contributed by atoms with van der Waals surface area (Å²) in [7, 11) is 0. The highest BCUT2D eigenvalue weighted by Crippen LogP contribution is 2.16. The number of amides is 1. The van der Waals surface area contributed by atoms with Crippen molar-refractivity contribution in [1.82, 2.24) is 10.2 Å². The normalized spacial score (nSPS) is 27.5. The van der Waals surface area contributed by atoms with Crippen molar-refractivity contribution in [1.29, 1.82) is 0 Å². The number of primary amides is 1. The Bertz CT molecular complexity index is 312. The van der Waals surface area contributed by atoms with E-state index >= 15 is 0 Å². The highest BCUT2D eigenvalue weighted by atomic mass is 16.5. The van der Waals surface area contributed by atoms with Gasteiger partial charge in [-0.25, -0.2) is 0 Å². The minimum Gasteiger partial charge on any atom is -0.373 e. The van der Waals surface area contributed by atoms with Gasteiger partial charge in [-0.1, -0.05) is 0 Å². The summed E-state index contributed by atoms with van der Waals surface area (Å²) in [6.07, 6.45) is 2.30. The van der Waals surface area contributed by atoms with Crippen LogP contribution in [0.1, 0.15) is 47.5 Å². The minimum atomic E-state index is -0.613. The van der Waals surface area contributed by atoms with E-state index in [9.17, 15) is 4.79 Å². The van der Waals surface area contributed by atoms with Crippen LogP contribution in [-0.4, -0.2) is 54.2 Å². The number of hydrogen-bond donors (Lipinski definition) is 2. The average Bonchev–Trinajstić information content (AvgIpc) is 2.26. The monoisotopic (exact) mass is 285 g/mol. The van der Waals surface area contributed by atoms with Gasteiger partial charge in [0.05, 0.1) is 17.7 Å². The van der Waals surface area contributed by atoms with Crippen LogP contribution in [0.5, 0.6) is 0 Å². The maximum atomic E-state index is 11.7. The van der Waals surface area contributed by atoms with Gasteiger partial charge in [0.15, 0.2) is 0 Å². The van der Waals surface area contributed by atoms with E-state index in [2.05, 4.69) is 24.1 Å². The number of nitrogens with one attached hydrogen (secondary N) is 1. The van der Waals surface area contributed by atoms with Crippen molar-refractivity contribution in [2.75, 3.05) is 19.6 Å². The van der Waals surface area contributed by atoms with Crippen molar-refractivity contribution in [2.45, 2.75) is 71.2 Å². The fraction of sp³-hybridized carbons (Fsp3) is 0.933. The van der Waals surface area contributed by atoms with Gasteiger partial charge >= 0.3 is 0 Å². The van der Waals surface area contributed by atoms with E-state index in [0.29, 0.717) is 0 Å². The molecule has 0 radical (unpaired) electrons. The first-order chi connectivity index (χ1) is 9.23. The molecule has 3 N–H and O–H groups in total. The van der Waals surface area contributed by atoms with Gasteiger partial charge in [-0.05, 0) is 54.0 Å². The molecule has 1 unspecified atom stereocenters. The summed E-state index contributed by atoms with van der Waals surface area (Å²) in [6.45, 7) is 13.1. The number of carbonyl (C=O) groups is 1. The molecule has 0 aliphatic carbocycles. The molecular formula is C15H31N3O2. The third-order valence-corrected chi connectivity index (χ3v) is 3.80. The van der Waals surface area contributed by atoms with Crippen LogP contribution in [0.25, 0.3) is 0 Å². The largest absolute Gasteiger partial charge is 0.373 e. The topological polar surface area (TPSA) is 67.6 Å². The first-order valence-electron chi connectivity index (χ1n) is 7.68. The quantitative estimate of drug-likeness (QED) is 0.735. The van der Waals surface area contributed by atoms with Crippen LogP contribution in [0.15, 0.2) is 0 Å². The first-order valence-corrected chi connectivity index (χ1v) is 7.68. The Hall–Kier alpha value is -0.650. The molecule has 0 aromatic rings. The minimum absolute atomic E-state index is 0.246. The molecule has 5 heteroatoms. The van der Waals surface area contributed by atoms with Crippen LogP contribution >= 0.6 is 0 Å². The van der Waals surface area contributed by atoms with E-state index in [1.165, 1.54) is 0 Å². The summed E-state index contributed by atoms with van der Waals surface area (Å²) >= 11 is 0. The molecule has 118 valence electrons. The van der Waals surface area contributed by atoms with Crippen molar-refractivity contribution in [2.24, 2.45) is 5.73 Å². The van der Waals surface area contributed by atoms with Crippen LogP contribution in [0.2, 0.25) is 0 Å². The summed E-state index contributed by atoms with van der Waals surface area (Å²) in [5.41, 5.74) is 4.93. The average molecular weight is 285 g/mol. The lowest BCUT2D eigenvalue weighted by molar-refractivity contribution is -0.124. The van der Waals surface area contributed by atoms with Gasteiger partial charge in [0, 0.05) is 19.1 Å². The Morgan fingerprint density at radius 1 is 1.40 bits per heavy atom. The number of morpholine rings is 1. The smallest absolute Gasteiger partial charge is 0.237 e. The molecule has 1 saturated heterocycles. The van der Waals surface area contributed by atoms with Gasteiger partial charge in [0.1, 0.15) is 0 Å². The van der Waals surface area contributed by atoms with Crippen LogP contribution in [0.4, 0.5) is 0 Å². The van der Waals surface area contributed by atoms with Crippen LogP contribution in [-0.2, 0) is 9.53 Å². The SMILES string of the molecule is CC(C)NC(C)(CCCN1C[C@@H](C)O[C@@H](C)C1)C(N)=O. The third kappa shape index (κ3) is 5.38. The van der Waals surface area contributed by atoms with Gasteiger partial charge < -0.3 is 15.8 Å². The lowest BCUT2D eigenvalue weighted by Crippen LogP contribution is -2.55. The van der Waals surface area contributed by atoms with E-state index in [1.54, 1.807) is 0 Å². The van der Waals surface area contributed by atoms with Gasteiger partial charge in [-0.3, -0.25) is 9.69 Å². The maximum Gasteiger partial charge on any atom is 0.237 e. The number of hydrogen-bond acceptors (Lipinski definition) is 4. The summed E-state index contributed by atoms with van der Waals surface area (Å²) in [6, 6.07) is 0.246. The maximum absolute atomic E-state index is 11.7. The van der Waals surface area contributed by atoms with E-state index < -0.39 is 5.54 Å². The van der Waals surface area contributed by atoms with Crippen molar-refractivity contribution in [3.63, 3.8) is 0 Å². The fourth-order valence-electron chi connectivity index (χ4n) is 3.03. The lowest BCUT2D eigenvalue weighted by atomic mass is 9.93. The predicted octanol–water partition coefficient (Wildman–Crippen LogP) is 1.12. The second-order valence-corrected chi connectivity index (χ2v) is 6.62. The Labute approximate surface area is 123 Å². The van der Waals surface area contributed by atoms with Gasteiger partial charge in [0.2, 0.25) is 5.91 Å².